The molecule has 0 saturated carbocycles. The van der Waals surface area contributed by atoms with Crippen molar-refractivity contribution in [2.45, 2.75) is 83.5 Å². The number of hydrogen-bond donors (Lipinski definition) is 1. The highest BCUT2D eigenvalue weighted by Crippen LogP contribution is 2.31. The molecule has 1 fully saturated rings. The highest BCUT2D eigenvalue weighted by atomic mass is 16.6. The summed E-state index contributed by atoms with van der Waals surface area (Å²) in [6.45, 7) is 6.82. The zero-order valence-electron chi connectivity index (χ0n) is 19.3. The number of nitrogens with one attached hydrogen (secondary N) is 1. The lowest BCUT2D eigenvalue weighted by Gasteiger charge is -2.36. The summed E-state index contributed by atoms with van der Waals surface area (Å²) < 4.78 is 7.61. The molecule has 1 N–H and O–H groups in total. The lowest BCUT2D eigenvalue weighted by atomic mass is 9.92. The lowest BCUT2D eigenvalue weighted by molar-refractivity contribution is -0.128. The van der Waals surface area contributed by atoms with Gasteiger partial charge in [0, 0.05) is 17.8 Å². The molecule has 32 heavy (non-hydrogen) atoms. The van der Waals surface area contributed by atoms with Crippen molar-refractivity contribution >= 4 is 12.0 Å². The molecule has 7 nitrogen and oxygen atoms in total. The second-order valence-corrected chi connectivity index (χ2v) is 9.83. The maximum Gasteiger partial charge on any atom is 0.410 e. The van der Waals surface area contributed by atoms with E-state index in [9.17, 15) is 9.59 Å². The largest absolute Gasteiger partial charge is 0.444 e. The number of carbonyl (C=O) groups excluding carboxylic acids is 2. The lowest BCUT2D eigenvalue weighted by Crippen LogP contribution is -2.53. The molecule has 2 aromatic rings. The number of aromatic nitrogens is 2. The Balaban J connectivity index is 1.46. The average molecular weight is 439 g/mol. The Hall–Kier alpha value is -2.83. The zero-order valence-corrected chi connectivity index (χ0v) is 19.3. The molecule has 0 unspecified atom stereocenters. The number of ether oxygens (including phenoxy) is 1. The van der Waals surface area contributed by atoms with Crippen molar-refractivity contribution in [3.8, 4) is 0 Å². The maximum atomic E-state index is 13.3. The van der Waals surface area contributed by atoms with Gasteiger partial charge in [0.25, 0.3) is 0 Å². The molecule has 0 bridgehead atoms. The summed E-state index contributed by atoms with van der Waals surface area (Å²) in [6, 6.07) is 9.74. The van der Waals surface area contributed by atoms with Crippen LogP contribution in [0.1, 0.15) is 75.7 Å². The molecule has 1 aromatic carbocycles. The van der Waals surface area contributed by atoms with Crippen LogP contribution in [0, 0.1) is 0 Å². The van der Waals surface area contributed by atoms with Crippen molar-refractivity contribution in [3.63, 3.8) is 0 Å². The Labute approximate surface area is 190 Å². The average Bonchev–Trinajstić information content (AvgIpc) is 3.17. The third-order valence-corrected chi connectivity index (χ3v) is 6.19. The van der Waals surface area contributed by atoms with E-state index in [0.29, 0.717) is 13.0 Å². The fraction of sp³-hybridized carbons (Fsp3) is 0.560. The molecule has 7 heteroatoms. The van der Waals surface area contributed by atoms with Crippen LogP contribution in [0.5, 0.6) is 0 Å². The number of amides is 2. The van der Waals surface area contributed by atoms with Gasteiger partial charge in [-0.1, -0.05) is 30.3 Å². The van der Waals surface area contributed by atoms with Crippen LogP contribution >= 0.6 is 0 Å². The monoisotopic (exact) mass is 438 g/mol. The van der Waals surface area contributed by atoms with Gasteiger partial charge in [0.1, 0.15) is 11.6 Å². The third kappa shape index (κ3) is 5.14. The Bertz CT molecular complexity index is 948. The second-order valence-electron chi connectivity index (χ2n) is 9.83. The Morgan fingerprint density at radius 3 is 2.66 bits per heavy atom. The maximum absolute atomic E-state index is 13.3. The molecule has 0 radical (unpaired) electrons. The number of carbonyl (C=O) groups is 2. The SMILES string of the molecule is CC(C)(C)OC(=O)N1CCCC[C@@H]1C(=O)N[C@@H]1CCCc2c1cnn2Cc1ccccc1. The normalized spacial score (nSPS) is 21.0. The number of benzene rings is 1. The van der Waals surface area contributed by atoms with Crippen molar-refractivity contribution in [1.29, 1.82) is 0 Å². The number of nitrogens with zero attached hydrogens (tertiary/aromatic N) is 3. The van der Waals surface area contributed by atoms with Gasteiger partial charge in [-0.2, -0.15) is 5.10 Å². The van der Waals surface area contributed by atoms with Crippen molar-refractivity contribution < 1.29 is 14.3 Å². The Kier molecular flexibility index (Phi) is 6.53. The molecule has 0 spiro atoms. The third-order valence-electron chi connectivity index (χ3n) is 6.19. The van der Waals surface area contributed by atoms with Crippen molar-refractivity contribution in [3.05, 3.63) is 53.3 Å². The van der Waals surface area contributed by atoms with Crippen molar-refractivity contribution in [2.24, 2.45) is 0 Å². The first-order valence-corrected chi connectivity index (χ1v) is 11.7. The van der Waals surface area contributed by atoms with Crippen molar-refractivity contribution in [2.75, 3.05) is 6.54 Å². The van der Waals surface area contributed by atoms with Crippen LogP contribution in [-0.4, -0.2) is 44.9 Å². The molecule has 1 aromatic heterocycles. The zero-order chi connectivity index (χ0) is 22.7. The fourth-order valence-electron chi connectivity index (χ4n) is 4.67. The van der Waals surface area contributed by atoms with Crippen LogP contribution in [-0.2, 0) is 22.5 Å². The van der Waals surface area contributed by atoms with Crippen LogP contribution in [0.4, 0.5) is 4.79 Å². The van der Waals surface area contributed by atoms with Gasteiger partial charge < -0.3 is 10.1 Å². The molecular formula is C25H34N4O3. The van der Waals surface area contributed by atoms with E-state index in [-0.39, 0.29) is 11.9 Å². The van der Waals surface area contributed by atoms with Crippen molar-refractivity contribution in [1.82, 2.24) is 20.0 Å². The highest BCUT2D eigenvalue weighted by Gasteiger charge is 2.36. The van der Waals surface area contributed by atoms with E-state index in [1.807, 2.05) is 45.2 Å². The minimum absolute atomic E-state index is 0.0711. The predicted molar refractivity (Wildman–Crippen MR) is 122 cm³/mol. The van der Waals surface area contributed by atoms with Gasteiger partial charge in [0.2, 0.25) is 5.91 Å². The highest BCUT2D eigenvalue weighted by molar-refractivity contribution is 5.86. The summed E-state index contributed by atoms with van der Waals surface area (Å²) in [5, 5.41) is 7.86. The summed E-state index contributed by atoms with van der Waals surface area (Å²) in [5.74, 6) is -0.0933. The van der Waals surface area contributed by atoms with Crippen LogP contribution in [0.3, 0.4) is 0 Å². The molecular weight excluding hydrogens is 404 g/mol. The molecule has 2 atom stereocenters. The van der Waals surface area contributed by atoms with E-state index in [0.717, 1.165) is 44.2 Å². The smallest absolute Gasteiger partial charge is 0.410 e. The standard InChI is InChI=1S/C25H34N4O3/c1-25(2,3)32-24(31)28-15-8-7-13-22(28)23(30)27-20-12-9-14-21-19(20)16-26-29(21)17-18-10-5-4-6-11-18/h4-6,10-11,16,20,22H,7-9,12-15,17H2,1-3H3,(H,27,30)/t20-,22-/m1/s1. The van der Waals surface area contributed by atoms with E-state index in [1.165, 1.54) is 11.3 Å². The summed E-state index contributed by atoms with van der Waals surface area (Å²) in [6.07, 6.45) is 6.82. The molecule has 2 aliphatic rings. The first kappa shape index (κ1) is 22.4. The predicted octanol–water partition coefficient (Wildman–Crippen LogP) is 4.21. The molecule has 1 aliphatic heterocycles. The summed E-state index contributed by atoms with van der Waals surface area (Å²) in [4.78, 5) is 27.6. The van der Waals surface area contributed by atoms with Gasteiger partial charge >= 0.3 is 6.09 Å². The van der Waals surface area contributed by atoms with Crippen LogP contribution < -0.4 is 5.32 Å². The number of piperidine rings is 1. The molecule has 2 amide bonds. The van der Waals surface area contributed by atoms with E-state index >= 15 is 0 Å². The summed E-state index contributed by atoms with van der Waals surface area (Å²) >= 11 is 0. The molecule has 172 valence electrons. The summed E-state index contributed by atoms with van der Waals surface area (Å²) in [7, 11) is 0. The second kappa shape index (κ2) is 9.35. The van der Waals surface area contributed by atoms with Gasteiger partial charge in [-0.05, 0) is 64.9 Å². The topological polar surface area (TPSA) is 76.5 Å². The number of fused-ring (bicyclic) bond motifs is 1. The van der Waals surface area contributed by atoms with Crippen LogP contribution in [0.15, 0.2) is 36.5 Å². The number of likely N-dealkylation sites (tertiary alicyclic amines) is 1. The molecule has 4 rings (SSSR count). The van der Waals surface area contributed by atoms with E-state index in [4.69, 9.17) is 4.74 Å². The van der Waals surface area contributed by atoms with Gasteiger partial charge in [0.15, 0.2) is 0 Å². The van der Waals surface area contributed by atoms with E-state index < -0.39 is 17.7 Å². The molecule has 1 aliphatic carbocycles. The quantitative estimate of drug-likeness (QED) is 0.776. The molecule has 1 saturated heterocycles. The summed E-state index contributed by atoms with van der Waals surface area (Å²) in [5.41, 5.74) is 2.92. The van der Waals surface area contributed by atoms with Gasteiger partial charge in [-0.3, -0.25) is 14.4 Å². The number of rotatable bonds is 4. The Morgan fingerprint density at radius 2 is 1.91 bits per heavy atom. The molecule has 2 heterocycles. The van der Waals surface area contributed by atoms with E-state index in [1.54, 1.807) is 4.90 Å². The van der Waals surface area contributed by atoms with Crippen LogP contribution in [0.2, 0.25) is 0 Å². The first-order chi connectivity index (χ1) is 15.3. The Morgan fingerprint density at radius 1 is 1.12 bits per heavy atom. The first-order valence-electron chi connectivity index (χ1n) is 11.7. The van der Waals surface area contributed by atoms with Gasteiger partial charge in [-0.15, -0.1) is 0 Å². The van der Waals surface area contributed by atoms with Gasteiger partial charge in [0.05, 0.1) is 18.8 Å². The number of hydrogen-bond acceptors (Lipinski definition) is 4. The fourth-order valence-corrected chi connectivity index (χ4v) is 4.67. The van der Waals surface area contributed by atoms with E-state index in [2.05, 4.69) is 27.2 Å². The minimum atomic E-state index is -0.582. The van der Waals surface area contributed by atoms with Gasteiger partial charge in [-0.25, -0.2) is 4.79 Å². The van der Waals surface area contributed by atoms with Crippen LogP contribution in [0.25, 0.3) is 0 Å². The minimum Gasteiger partial charge on any atom is -0.444 e.